The van der Waals surface area contributed by atoms with Gasteiger partial charge in [0, 0.05) is 11.7 Å². The quantitative estimate of drug-likeness (QED) is 0.646. The van der Waals surface area contributed by atoms with Gasteiger partial charge in [-0.05, 0) is 62.8 Å². The molecule has 0 unspecified atom stereocenters. The van der Waals surface area contributed by atoms with Crippen molar-refractivity contribution >= 4 is 21.6 Å². The number of hydrogen-bond donors (Lipinski definition) is 1. The Kier molecular flexibility index (Phi) is 7.55. The fourth-order valence-electron chi connectivity index (χ4n) is 4.75. The van der Waals surface area contributed by atoms with Crippen molar-refractivity contribution in [2.75, 3.05) is 11.9 Å². The van der Waals surface area contributed by atoms with Gasteiger partial charge < -0.3 is 5.32 Å². The second-order valence-electron chi connectivity index (χ2n) is 8.63. The van der Waals surface area contributed by atoms with Crippen molar-refractivity contribution < 1.29 is 13.2 Å². The summed E-state index contributed by atoms with van der Waals surface area (Å²) in [7, 11) is -3.81. The number of nitrogens with one attached hydrogen (secondary N) is 1. The summed E-state index contributed by atoms with van der Waals surface area (Å²) in [5, 5.41) is 2.95. The molecule has 0 heterocycles. The van der Waals surface area contributed by atoms with E-state index in [4.69, 9.17) is 0 Å². The van der Waals surface area contributed by atoms with Gasteiger partial charge >= 0.3 is 0 Å². The SMILES string of the molecule is CCc1ccccc1NC(=O)CN(C1CCCCC1)S(=O)(=O)c1c(C)cc(C)cc1C. The number of aryl methyl sites for hydroxylation is 4. The highest BCUT2D eigenvalue weighted by molar-refractivity contribution is 7.89. The predicted octanol–water partition coefficient (Wildman–Crippen LogP) is 5.14. The van der Waals surface area contributed by atoms with Crippen molar-refractivity contribution in [3.63, 3.8) is 0 Å². The molecule has 5 nitrogen and oxygen atoms in total. The number of benzene rings is 2. The van der Waals surface area contributed by atoms with Gasteiger partial charge in [0.25, 0.3) is 0 Å². The Morgan fingerprint density at radius 3 is 2.26 bits per heavy atom. The van der Waals surface area contributed by atoms with E-state index < -0.39 is 10.0 Å². The summed E-state index contributed by atoms with van der Waals surface area (Å²) < 4.78 is 29.1. The number of rotatable bonds is 7. The van der Waals surface area contributed by atoms with E-state index in [1.54, 1.807) is 0 Å². The molecule has 0 spiro atoms. The number of carbonyl (C=O) groups is 1. The first kappa shape index (κ1) is 23.5. The third-order valence-electron chi connectivity index (χ3n) is 6.13. The van der Waals surface area contributed by atoms with Crippen molar-refractivity contribution in [1.82, 2.24) is 4.31 Å². The molecule has 1 aliphatic carbocycles. The number of anilines is 1. The minimum Gasteiger partial charge on any atom is -0.325 e. The Balaban J connectivity index is 1.94. The van der Waals surface area contributed by atoms with Crippen molar-refractivity contribution in [3.8, 4) is 0 Å². The first-order chi connectivity index (χ1) is 14.7. The van der Waals surface area contributed by atoms with E-state index in [9.17, 15) is 13.2 Å². The normalized spacial score (nSPS) is 15.3. The molecule has 0 atom stereocenters. The molecule has 1 aliphatic rings. The molecule has 2 aromatic rings. The topological polar surface area (TPSA) is 66.5 Å². The Bertz CT molecular complexity index is 1020. The summed E-state index contributed by atoms with van der Waals surface area (Å²) in [5.41, 5.74) is 4.28. The maximum Gasteiger partial charge on any atom is 0.244 e. The van der Waals surface area contributed by atoms with Crippen LogP contribution in [0.4, 0.5) is 5.69 Å². The van der Waals surface area contributed by atoms with Gasteiger partial charge in [0.15, 0.2) is 0 Å². The minimum absolute atomic E-state index is 0.147. The maximum absolute atomic E-state index is 13.8. The first-order valence-electron chi connectivity index (χ1n) is 11.2. The molecular weight excluding hydrogens is 408 g/mol. The summed E-state index contributed by atoms with van der Waals surface area (Å²) in [6, 6.07) is 11.3. The molecule has 0 aromatic heterocycles. The molecule has 0 bridgehead atoms. The van der Waals surface area contributed by atoms with Crippen molar-refractivity contribution in [1.29, 1.82) is 0 Å². The lowest BCUT2D eigenvalue weighted by atomic mass is 9.95. The monoisotopic (exact) mass is 442 g/mol. The Labute approximate surface area is 186 Å². The zero-order chi connectivity index (χ0) is 22.6. The third kappa shape index (κ3) is 5.36. The molecule has 0 aliphatic heterocycles. The van der Waals surface area contributed by atoms with E-state index in [1.165, 1.54) is 4.31 Å². The largest absolute Gasteiger partial charge is 0.325 e. The lowest BCUT2D eigenvalue weighted by molar-refractivity contribution is -0.116. The predicted molar refractivity (Wildman–Crippen MR) is 126 cm³/mol. The average Bonchev–Trinajstić information content (AvgIpc) is 2.72. The van der Waals surface area contributed by atoms with Crippen molar-refractivity contribution in [3.05, 3.63) is 58.7 Å². The molecular formula is C25H34N2O3S. The molecule has 168 valence electrons. The Morgan fingerprint density at radius 2 is 1.65 bits per heavy atom. The van der Waals surface area contributed by atoms with E-state index in [2.05, 4.69) is 5.32 Å². The number of para-hydroxylation sites is 1. The lowest BCUT2D eigenvalue weighted by Gasteiger charge is -2.34. The van der Waals surface area contributed by atoms with Gasteiger partial charge in [-0.15, -0.1) is 0 Å². The van der Waals surface area contributed by atoms with E-state index in [0.717, 1.165) is 66.5 Å². The summed E-state index contributed by atoms with van der Waals surface area (Å²) >= 11 is 0. The summed E-state index contributed by atoms with van der Waals surface area (Å²) in [4.78, 5) is 13.4. The van der Waals surface area contributed by atoms with Crippen LogP contribution in [0.15, 0.2) is 41.3 Å². The van der Waals surface area contributed by atoms with Crippen molar-refractivity contribution in [2.45, 2.75) is 77.2 Å². The highest BCUT2D eigenvalue weighted by Gasteiger charge is 2.35. The van der Waals surface area contributed by atoms with Gasteiger partial charge in [-0.3, -0.25) is 4.79 Å². The molecule has 31 heavy (non-hydrogen) atoms. The number of sulfonamides is 1. The number of hydrogen-bond acceptors (Lipinski definition) is 3. The summed E-state index contributed by atoms with van der Waals surface area (Å²) in [5.74, 6) is -0.294. The van der Waals surface area contributed by atoms with Crippen LogP contribution < -0.4 is 5.32 Å². The maximum atomic E-state index is 13.8. The molecule has 6 heteroatoms. The fourth-order valence-corrected chi connectivity index (χ4v) is 6.81. The third-order valence-corrected chi connectivity index (χ3v) is 8.33. The average molecular weight is 443 g/mol. The number of amides is 1. The zero-order valence-electron chi connectivity index (χ0n) is 19.1. The van der Waals surface area contributed by atoms with E-state index in [0.29, 0.717) is 4.90 Å². The van der Waals surface area contributed by atoms with Crippen LogP contribution in [0.3, 0.4) is 0 Å². The van der Waals surface area contributed by atoms with Crippen LogP contribution in [0.1, 0.15) is 61.3 Å². The molecule has 1 N–H and O–H groups in total. The van der Waals surface area contributed by atoms with Crippen LogP contribution in [0, 0.1) is 20.8 Å². The molecule has 2 aromatic carbocycles. The van der Waals surface area contributed by atoms with Gasteiger partial charge in [-0.1, -0.05) is 62.1 Å². The van der Waals surface area contributed by atoms with Crippen LogP contribution in [-0.2, 0) is 21.2 Å². The van der Waals surface area contributed by atoms with Gasteiger partial charge in [0.05, 0.1) is 11.4 Å². The van der Waals surface area contributed by atoms with Crippen LogP contribution >= 0.6 is 0 Å². The van der Waals surface area contributed by atoms with Crippen LogP contribution in [0.5, 0.6) is 0 Å². The molecule has 1 amide bonds. The lowest BCUT2D eigenvalue weighted by Crippen LogP contribution is -2.46. The van der Waals surface area contributed by atoms with Gasteiger partial charge in [0.1, 0.15) is 0 Å². The van der Waals surface area contributed by atoms with Crippen LogP contribution in [0.2, 0.25) is 0 Å². The minimum atomic E-state index is -3.81. The van der Waals surface area contributed by atoms with Crippen LogP contribution in [0.25, 0.3) is 0 Å². The number of carbonyl (C=O) groups excluding carboxylic acids is 1. The molecule has 1 fully saturated rings. The Morgan fingerprint density at radius 1 is 1.03 bits per heavy atom. The van der Waals surface area contributed by atoms with Crippen molar-refractivity contribution in [2.24, 2.45) is 0 Å². The first-order valence-corrected chi connectivity index (χ1v) is 12.7. The summed E-state index contributed by atoms with van der Waals surface area (Å²) in [6.07, 6.45) is 5.47. The molecule has 0 saturated heterocycles. The molecule has 3 rings (SSSR count). The molecule has 0 radical (unpaired) electrons. The molecule has 1 saturated carbocycles. The second kappa shape index (κ2) is 9.96. The second-order valence-corrected chi connectivity index (χ2v) is 10.5. The number of nitrogens with zero attached hydrogens (tertiary/aromatic N) is 1. The smallest absolute Gasteiger partial charge is 0.244 e. The summed E-state index contributed by atoms with van der Waals surface area (Å²) in [6.45, 7) is 7.51. The highest BCUT2D eigenvalue weighted by atomic mass is 32.2. The zero-order valence-corrected chi connectivity index (χ0v) is 19.9. The van der Waals surface area contributed by atoms with E-state index in [1.807, 2.05) is 64.1 Å². The Hall–Kier alpha value is -2.18. The van der Waals surface area contributed by atoms with Gasteiger partial charge in [-0.25, -0.2) is 8.42 Å². The van der Waals surface area contributed by atoms with E-state index in [-0.39, 0.29) is 18.5 Å². The van der Waals surface area contributed by atoms with Gasteiger partial charge in [0.2, 0.25) is 15.9 Å². The fraction of sp³-hybridized carbons (Fsp3) is 0.480. The van der Waals surface area contributed by atoms with Crippen LogP contribution in [-0.4, -0.2) is 31.2 Å². The van der Waals surface area contributed by atoms with E-state index >= 15 is 0 Å². The standard InChI is InChI=1S/C25H34N2O3S/c1-5-21-11-9-10-14-23(21)26-24(28)17-27(22-12-7-6-8-13-22)31(29,30)25-19(3)15-18(2)16-20(25)4/h9-11,14-16,22H,5-8,12-13,17H2,1-4H3,(H,26,28). The van der Waals surface area contributed by atoms with Gasteiger partial charge in [-0.2, -0.15) is 4.31 Å². The highest BCUT2D eigenvalue weighted by Crippen LogP contribution is 2.31.